The van der Waals surface area contributed by atoms with E-state index in [4.69, 9.17) is 0 Å². The van der Waals surface area contributed by atoms with Gasteiger partial charge in [0, 0.05) is 12.6 Å². The Bertz CT molecular complexity index is 157. The van der Waals surface area contributed by atoms with E-state index in [0.29, 0.717) is 0 Å². The highest BCUT2D eigenvalue weighted by atomic mass is 15.1. The molecule has 1 N–H and O–H groups in total. The molecule has 0 amide bonds. The molecule has 0 aromatic carbocycles. The van der Waals surface area contributed by atoms with Crippen LogP contribution in [0.15, 0.2) is 12.2 Å². The fourth-order valence-corrected chi connectivity index (χ4v) is 2.06. The summed E-state index contributed by atoms with van der Waals surface area (Å²) in [6.45, 7) is 1.28. The lowest BCUT2D eigenvalue weighted by atomic mass is 9.77. The minimum atomic E-state index is 0.871. The number of rotatable bonds is 2. The maximum atomic E-state index is 3.40. The summed E-state index contributed by atoms with van der Waals surface area (Å²) in [7, 11) is 0. The first-order chi connectivity index (χ1) is 4.95. The lowest BCUT2D eigenvalue weighted by Gasteiger charge is -2.28. The second-order valence-electron chi connectivity index (χ2n) is 3.89. The van der Waals surface area contributed by atoms with E-state index in [1.807, 2.05) is 0 Å². The molecule has 1 nitrogen and oxygen atoms in total. The van der Waals surface area contributed by atoms with Gasteiger partial charge in [0.05, 0.1) is 0 Å². The molecule has 0 aromatic rings. The highest BCUT2D eigenvalue weighted by Crippen LogP contribution is 2.47. The van der Waals surface area contributed by atoms with E-state index in [-0.39, 0.29) is 0 Å². The quantitative estimate of drug-likeness (QED) is 0.445. The van der Waals surface area contributed by atoms with E-state index >= 15 is 0 Å². The lowest BCUT2D eigenvalue weighted by molar-refractivity contribution is 0.375. The number of allylic oxidation sites excluding steroid dienone is 1. The van der Waals surface area contributed by atoms with Crippen LogP contribution in [0.3, 0.4) is 0 Å². The van der Waals surface area contributed by atoms with Crippen molar-refractivity contribution in [2.75, 3.05) is 6.54 Å². The summed E-state index contributed by atoms with van der Waals surface area (Å²) >= 11 is 0. The van der Waals surface area contributed by atoms with Crippen molar-refractivity contribution in [3.8, 4) is 0 Å². The van der Waals surface area contributed by atoms with Gasteiger partial charge in [0.1, 0.15) is 0 Å². The molecule has 1 heteroatoms. The minimum Gasteiger partial charge on any atom is -0.311 e. The predicted octanol–water partition coefficient (Wildman–Crippen LogP) is 1.17. The Morgan fingerprint density at radius 1 is 1.10 bits per heavy atom. The molecule has 1 saturated heterocycles. The molecule has 1 heterocycles. The zero-order valence-electron chi connectivity index (χ0n) is 6.09. The zero-order valence-corrected chi connectivity index (χ0v) is 6.09. The third-order valence-corrected chi connectivity index (χ3v) is 3.07. The topological polar surface area (TPSA) is 21.9 Å². The number of hydrogen-bond donors (Lipinski definition) is 1. The van der Waals surface area contributed by atoms with Crippen LogP contribution in [-0.4, -0.2) is 12.6 Å². The van der Waals surface area contributed by atoms with E-state index in [0.717, 1.165) is 23.8 Å². The van der Waals surface area contributed by atoms with Crippen LogP contribution in [0.5, 0.6) is 0 Å². The molecule has 3 unspecified atom stereocenters. The first kappa shape index (κ1) is 5.36. The van der Waals surface area contributed by atoms with Crippen LogP contribution in [-0.2, 0) is 0 Å². The highest BCUT2D eigenvalue weighted by Gasteiger charge is 2.44. The van der Waals surface area contributed by atoms with Crippen molar-refractivity contribution in [2.45, 2.75) is 18.9 Å². The lowest BCUT2D eigenvalue weighted by Crippen LogP contribution is -2.26. The SMILES string of the molecule is C1=CC(C2CN2)C1C1CC1. The van der Waals surface area contributed by atoms with E-state index in [2.05, 4.69) is 17.5 Å². The second kappa shape index (κ2) is 1.65. The van der Waals surface area contributed by atoms with Crippen LogP contribution < -0.4 is 5.32 Å². The van der Waals surface area contributed by atoms with E-state index in [1.54, 1.807) is 0 Å². The Morgan fingerprint density at radius 2 is 1.80 bits per heavy atom. The smallest absolute Gasteiger partial charge is 0.0261 e. The Labute approximate surface area is 61.5 Å². The molecular weight excluding hydrogens is 122 g/mol. The minimum absolute atomic E-state index is 0.871. The van der Waals surface area contributed by atoms with Gasteiger partial charge in [0.25, 0.3) is 0 Å². The molecule has 10 heavy (non-hydrogen) atoms. The van der Waals surface area contributed by atoms with Crippen LogP contribution in [0.2, 0.25) is 0 Å². The first-order valence-electron chi connectivity index (χ1n) is 4.37. The Hall–Kier alpha value is -0.300. The molecule has 0 radical (unpaired) electrons. The van der Waals surface area contributed by atoms with Crippen LogP contribution in [0.1, 0.15) is 12.8 Å². The van der Waals surface area contributed by atoms with E-state index in [9.17, 15) is 0 Å². The first-order valence-corrected chi connectivity index (χ1v) is 4.37. The molecule has 3 rings (SSSR count). The molecule has 0 aromatic heterocycles. The third-order valence-electron chi connectivity index (χ3n) is 3.07. The van der Waals surface area contributed by atoms with Crippen LogP contribution >= 0.6 is 0 Å². The summed E-state index contributed by atoms with van der Waals surface area (Å²) in [6.07, 6.45) is 7.81. The summed E-state index contributed by atoms with van der Waals surface area (Å²) in [4.78, 5) is 0. The fourth-order valence-electron chi connectivity index (χ4n) is 2.06. The summed E-state index contributed by atoms with van der Waals surface area (Å²) in [5.41, 5.74) is 0. The van der Waals surface area contributed by atoms with Gasteiger partial charge in [0.2, 0.25) is 0 Å². The summed E-state index contributed by atoms with van der Waals surface area (Å²) < 4.78 is 0. The average Bonchev–Trinajstić information content (AvgIpc) is 2.50. The van der Waals surface area contributed by atoms with Crippen molar-refractivity contribution in [3.63, 3.8) is 0 Å². The molecule has 2 fully saturated rings. The summed E-state index contributed by atoms with van der Waals surface area (Å²) in [5.74, 6) is 2.98. The standard InChI is InChI=1S/C9H13N/c1-2-6(1)7-3-4-8(7)9-5-10-9/h3-4,6-10H,1-2,5H2. The van der Waals surface area contributed by atoms with Crippen molar-refractivity contribution in [1.29, 1.82) is 0 Å². The Morgan fingerprint density at radius 3 is 2.20 bits per heavy atom. The van der Waals surface area contributed by atoms with Gasteiger partial charge in [-0.25, -0.2) is 0 Å². The van der Waals surface area contributed by atoms with Crippen molar-refractivity contribution < 1.29 is 0 Å². The predicted molar refractivity (Wildman–Crippen MR) is 40.6 cm³/mol. The van der Waals surface area contributed by atoms with Crippen molar-refractivity contribution in [1.82, 2.24) is 5.32 Å². The van der Waals surface area contributed by atoms with Gasteiger partial charge in [0.15, 0.2) is 0 Å². The average molecular weight is 135 g/mol. The maximum Gasteiger partial charge on any atom is 0.0261 e. The Kier molecular flexibility index (Phi) is 0.883. The molecule has 3 atom stereocenters. The normalized spacial score (nSPS) is 50.6. The molecule has 3 aliphatic rings. The van der Waals surface area contributed by atoms with Gasteiger partial charge < -0.3 is 5.32 Å². The molecule has 0 spiro atoms. The van der Waals surface area contributed by atoms with Crippen LogP contribution in [0, 0.1) is 17.8 Å². The van der Waals surface area contributed by atoms with Gasteiger partial charge in [-0.15, -0.1) is 0 Å². The van der Waals surface area contributed by atoms with Gasteiger partial charge in [-0.05, 0) is 30.6 Å². The van der Waals surface area contributed by atoms with Gasteiger partial charge in [-0.1, -0.05) is 12.2 Å². The molecule has 1 aliphatic heterocycles. The van der Waals surface area contributed by atoms with E-state index in [1.165, 1.54) is 19.4 Å². The van der Waals surface area contributed by atoms with Gasteiger partial charge >= 0.3 is 0 Å². The van der Waals surface area contributed by atoms with Crippen molar-refractivity contribution in [3.05, 3.63) is 12.2 Å². The fraction of sp³-hybridized carbons (Fsp3) is 0.778. The van der Waals surface area contributed by atoms with Crippen LogP contribution in [0.25, 0.3) is 0 Å². The molecule has 54 valence electrons. The van der Waals surface area contributed by atoms with Gasteiger partial charge in [-0.3, -0.25) is 0 Å². The molecule has 0 bridgehead atoms. The zero-order chi connectivity index (χ0) is 6.55. The summed E-state index contributed by atoms with van der Waals surface area (Å²) in [6, 6.07) is 0.871. The van der Waals surface area contributed by atoms with Crippen molar-refractivity contribution >= 4 is 0 Å². The van der Waals surface area contributed by atoms with E-state index < -0.39 is 0 Å². The molecule has 1 saturated carbocycles. The Balaban J connectivity index is 1.70. The number of hydrogen-bond acceptors (Lipinski definition) is 1. The highest BCUT2D eigenvalue weighted by molar-refractivity contribution is 5.19. The summed E-state index contributed by atoms with van der Waals surface area (Å²) in [5, 5.41) is 3.40. The monoisotopic (exact) mass is 135 g/mol. The second-order valence-corrected chi connectivity index (χ2v) is 3.89. The largest absolute Gasteiger partial charge is 0.311 e. The maximum absolute atomic E-state index is 3.40. The molecular formula is C9H13N. The van der Waals surface area contributed by atoms with Gasteiger partial charge in [-0.2, -0.15) is 0 Å². The molecule has 2 aliphatic carbocycles. The number of nitrogens with one attached hydrogen (secondary N) is 1. The third kappa shape index (κ3) is 0.671. The van der Waals surface area contributed by atoms with Crippen molar-refractivity contribution in [2.24, 2.45) is 17.8 Å². The van der Waals surface area contributed by atoms with Crippen LogP contribution in [0.4, 0.5) is 0 Å².